The van der Waals surface area contributed by atoms with Gasteiger partial charge in [-0.1, -0.05) is 6.92 Å². The molecule has 0 bridgehead atoms. The highest BCUT2D eigenvalue weighted by Crippen LogP contribution is 2.33. The van der Waals surface area contributed by atoms with E-state index in [0.29, 0.717) is 17.2 Å². The number of alkyl halides is 3. The van der Waals surface area contributed by atoms with E-state index in [1.807, 2.05) is 0 Å². The molecule has 1 amide bonds. The van der Waals surface area contributed by atoms with Gasteiger partial charge in [-0.3, -0.25) is 10.1 Å². The number of benzene rings is 2. The number of aromatic nitrogens is 2. The number of carbonyl (C=O) groups is 2. The van der Waals surface area contributed by atoms with Crippen molar-refractivity contribution in [3.05, 3.63) is 59.2 Å². The van der Waals surface area contributed by atoms with Gasteiger partial charge in [-0.2, -0.15) is 17.9 Å². The maximum absolute atomic E-state index is 13.6. The topological polar surface area (TPSA) is 107 Å². The number of aliphatic imine (C=N–C) groups is 1. The summed E-state index contributed by atoms with van der Waals surface area (Å²) < 4.78 is 77.7. The van der Waals surface area contributed by atoms with Crippen molar-refractivity contribution in [3.8, 4) is 0 Å². The van der Waals surface area contributed by atoms with Crippen LogP contribution in [-0.2, 0) is 15.7 Å². The molecule has 0 fully saturated rings. The number of ether oxygens (including phenoxy) is 2. The SMILES string of the molecule is CCCOC(=O)n1nc(NC(=N[C@@H](C)COC)NC(=O)c2ccc(F)c(F)c2)c2ccc(C(F)(F)F)cc21. The first-order valence-corrected chi connectivity index (χ1v) is 11.3. The first-order valence-electron chi connectivity index (χ1n) is 11.3. The standard InChI is InChI=1S/C24H24F5N5O4/c1-4-9-38-23(36)34-19-11-15(24(27,28)29)6-7-16(19)20(33-34)31-22(30-13(2)12-37-3)32-21(35)14-5-8-17(25)18(26)10-14/h5-8,10-11,13H,4,9,12H2,1-3H3,(H2,30,31,32,33,35)/t13-/m0/s1. The number of rotatable bonds is 7. The van der Waals surface area contributed by atoms with Gasteiger partial charge in [0.25, 0.3) is 5.91 Å². The number of guanidine groups is 1. The number of hydrogen-bond donors (Lipinski definition) is 2. The third-order valence-electron chi connectivity index (χ3n) is 5.02. The van der Waals surface area contributed by atoms with Gasteiger partial charge in [0.15, 0.2) is 17.5 Å². The van der Waals surface area contributed by atoms with Crippen molar-refractivity contribution in [2.45, 2.75) is 32.5 Å². The molecule has 0 aliphatic rings. The Kier molecular flexibility index (Phi) is 8.99. The van der Waals surface area contributed by atoms with Crippen LogP contribution in [0.4, 0.5) is 32.6 Å². The Bertz CT molecular complexity index is 1360. The highest BCUT2D eigenvalue weighted by molar-refractivity contribution is 6.12. The summed E-state index contributed by atoms with van der Waals surface area (Å²) in [6.45, 7) is 3.51. The van der Waals surface area contributed by atoms with Gasteiger partial charge in [-0.15, -0.1) is 5.10 Å². The summed E-state index contributed by atoms with van der Waals surface area (Å²) >= 11 is 0. The van der Waals surface area contributed by atoms with E-state index in [1.165, 1.54) is 7.11 Å². The molecule has 0 saturated carbocycles. The zero-order valence-electron chi connectivity index (χ0n) is 20.5. The van der Waals surface area contributed by atoms with Gasteiger partial charge in [0.2, 0.25) is 5.96 Å². The number of nitrogens with one attached hydrogen (secondary N) is 2. The fraction of sp³-hybridized carbons (Fsp3) is 0.333. The molecular formula is C24H24F5N5O4. The quantitative estimate of drug-likeness (QED) is 0.249. The summed E-state index contributed by atoms with van der Waals surface area (Å²) in [5, 5.41) is 9.24. The summed E-state index contributed by atoms with van der Waals surface area (Å²) in [7, 11) is 1.42. The van der Waals surface area contributed by atoms with Gasteiger partial charge in [-0.05, 0) is 49.7 Å². The van der Waals surface area contributed by atoms with Gasteiger partial charge < -0.3 is 14.8 Å². The first-order chi connectivity index (χ1) is 17.9. The number of halogens is 5. The molecule has 0 radical (unpaired) electrons. The molecule has 1 aromatic heterocycles. The molecule has 1 heterocycles. The van der Waals surface area contributed by atoms with E-state index in [2.05, 4.69) is 20.7 Å². The van der Waals surface area contributed by atoms with Crippen molar-refractivity contribution in [2.75, 3.05) is 25.6 Å². The van der Waals surface area contributed by atoms with E-state index in [0.717, 1.165) is 30.3 Å². The Morgan fingerprint density at radius 3 is 2.50 bits per heavy atom. The number of anilines is 1. The minimum absolute atomic E-state index is 0.00738. The lowest BCUT2D eigenvalue weighted by molar-refractivity contribution is -0.137. The maximum Gasteiger partial charge on any atom is 0.435 e. The lowest BCUT2D eigenvalue weighted by Gasteiger charge is -2.13. The van der Waals surface area contributed by atoms with Crippen LogP contribution >= 0.6 is 0 Å². The second-order valence-electron chi connectivity index (χ2n) is 8.09. The van der Waals surface area contributed by atoms with Crippen LogP contribution in [0.15, 0.2) is 41.4 Å². The van der Waals surface area contributed by atoms with E-state index < -0.39 is 41.4 Å². The summed E-state index contributed by atoms with van der Waals surface area (Å²) in [4.78, 5) is 29.5. The highest BCUT2D eigenvalue weighted by atomic mass is 19.4. The van der Waals surface area contributed by atoms with E-state index in [9.17, 15) is 31.5 Å². The molecule has 14 heteroatoms. The van der Waals surface area contributed by atoms with Crippen LogP contribution in [0.1, 0.15) is 36.2 Å². The van der Waals surface area contributed by atoms with E-state index in [4.69, 9.17) is 9.47 Å². The number of methoxy groups -OCH3 is 1. The highest BCUT2D eigenvalue weighted by Gasteiger charge is 2.32. The second-order valence-corrected chi connectivity index (χ2v) is 8.09. The van der Waals surface area contributed by atoms with Gasteiger partial charge in [0.05, 0.1) is 30.3 Å². The number of nitrogens with zero attached hydrogens (tertiary/aromatic N) is 3. The molecule has 0 aliphatic heterocycles. The summed E-state index contributed by atoms with van der Waals surface area (Å²) in [5.41, 5.74) is -1.46. The molecule has 2 aromatic carbocycles. The normalized spacial score (nSPS) is 12.9. The smallest absolute Gasteiger partial charge is 0.435 e. The van der Waals surface area contributed by atoms with Crippen molar-refractivity contribution in [3.63, 3.8) is 0 Å². The summed E-state index contributed by atoms with van der Waals surface area (Å²) in [6, 6.07) is 4.63. The van der Waals surface area contributed by atoms with Crippen molar-refractivity contribution < 1.29 is 41.0 Å². The van der Waals surface area contributed by atoms with Crippen molar-refractivity contribution in [1.29, 1.82) is 0 Å². The van der Waals surface area contributed by atoms with Crippen molar-refractivity contribution >= 4 is 34.7 Å². The van der Waals surface area contributed by atoms with Crippen molar-refractivity contribution in [1.82, 2.24) is 15.1 Å². The van der Waals surface area contributed by atoms with E-state index in [-0.39, 0.29) is 41.5 Å². The average Bonchev–Trinajstić information content (AvgIpc) is 3.21. The predicted octanol–water partition coefficient (Wildman–Crippen LogP) is 4.96. The molecule has 9 nitrogen and oxygen atoms in total. The molecule has 3 aromatic rings. The zero-order valence-corrected chi connectivity index (χ0v) is 20.5. The summed E-state index contributed by atoms with van der Waals surface area (Å²) in [5.74, 6) is -3.63. The number of fused-ring (bicyclic) bond motifs is 1. The molecule has 0 saturated heterocycles. The Labute approximate surface area is 213 Å². The average molecular weight is 541 g/mol. The predicted molar refractivity (Wildman–Crippen MR) is 128 cm³/mol. The minimum atomic E-state index is -4.69. The van der Waals surface area contributed by atoms with E-state index >= 15 is 0 Å². The molecule has 204 valence electrons. The van der Waals surface area contributed by atoms with Crippen LogP contribution in [0.3, 0.4) is 0 Å². The van der Waals surface area contributed by atoms with Crippen LogP contribution in [0.25, 0.3) is 10.9 Å². The monoisotopic (exact) mass is 541 g/mol. The maximum atomic E-state index is 13.6. The van der Waals surface area contributed by atoms with E-state index in [1.54, 1.807) is 13.8 Å². The Morgan fingerprint density at radius 2 is 1.87 bits per heavy atom. The molecule has 2 N–H and O–H groups in total. The zero-order chi connectivity index (χ0) is 28.0. The minimum Gasteiger partial charge on any atom is -0.448 e. The second kappa shape index (κ2) is 12.0. The number of carbonyl (C=O) groups excluding carboxylic acids is 2. The number of amides is 1. The van der Waals surface area contributed by atoms with Gasteiger partial charge in [0.1, 0.15) is 0 Å². The lowest BCUT2D eigenvalue weighted by Crippen LogP contribution is -2.37. The molecule has 3 rings (SSSR count). The first kappa shape index (κ1) is 28.5. The third-order valence-corrected chi connectivity index (χ3v) is 5.02. The van der Waals surface area contributed by atoms with Crippen LogP contribution in [-0.4, -0.2) is 54.1 Å². The van der Waals surface area contributed by atoms with Gasteiger partial charge in [0, 0.05) is 18.1 Å². The van der Waals surface area contributed by atoms with Gasteiger partial charge >= 0.3 is 12.3 Å². The third kappa shape index (κ3) is 6.82. The summed E-state index contributed by atoms with van der Waals surface area (Å²) in [6.07, 6.45) is -5.24. The van der Waals surface area contributed by atoms with Crippen LogP contribution < -0.4 is 10.6 Å². The van der Waals surface area contributed by atoms with Crippen LogP contribution in [0, 0.1) is 11.6 Å². The molecule has 0 spiro atoms. The number of hydrogen-bond acceptors (Lipinski definition) is 6. The molecule has 38 heavy (non-hydrogen) atoms. The molecule has 0 aliphatic carbocycles. The molecule has 1 atom stereocenters. The van der Waals surface area contributed by atoms with Gasteiger partial charge in [-0.25, -0.2) is 18.6 Å². The molecule has 0 unspecified atom stereocenters. The van der Waals surface area contributed by atoms with Crippen molar-refractivity contribution in [2.24, 2.45) is 4.99 Å². The Hall–Kier alpha value is -4.07. The van der Waals surface area contributed by atoms with Crippen LogP contribution in [0.2, 0.25) is 0 Å². The fourth-order valence-electron chi connectivity index (χ4n) is 3.30. The largest absolute Gasteiger partial charge is 0.448 e. The lowest BCUT2D eigenvalue weighted by atomic mass is 10.1. The fourth-order valence-corrected chi connectivity index (χ4v) is 3.30. The Balaban J connectivity index is 2.04. The van der Waals surface area contributed by atoms with Crippen LogP contribution in [0.5, 0.6) is 0 Å². The molecular weight excluding hydrogens is 517 g/mol. The Morgan fingerprint density at radius 1 is 1.13 bits per heavy atom.